The lowest BCUT2D eigenvalue weighted by atomic mass is 9.93. The van der Waals surface area contributed by atoms with Crippen LogP contribution in [0.2, 0.25) is 0 Å². The summed E-state index contributed by atoms with van der Waals surface area (Å²) in [5.41, 5.74) is 2.19. The first kappa shape index (κ1) is 17.9. The molecule has 0 aliphatic heterocycles. The molecule has 1 atom stereocenters. The second-order valence-corrected chi connectivity index (χ2v) is 6.57. The number of aryl methyl sites for hydroxylation is 1. The molecule has 1 rings (SSSR count). The number of rotatable bonds is 8. The summed E-state index contributed by atoms with van der Waals surface area (Å²) in [5, 5.41) is 13.9. The highest BCUT2D eigenvalue weighted by Crippen LogP contribution is 2.27. The van der Waals surface area contributed by atoms with Crippen LogP contribution in [0, 0.1) is 19.8 Å². The average Bonchev–Trinajstić information content (AvgIpc) is 2.39. The van der Waals surface area contributed by atoms with Gasteiger partial charge in [-0.25, -0.2) is 0 Å². The molecule has 4 heteroatoms. The van der Waals surface area contributed by atoms with Gasteiger partial charge in [-0.3, -0.25) is 4.98 Å². The minimum absolute atomic E-state index is 0.541. The zero-order valence-corrected chi connectivity index (χ0v) is 14.3. The molecule has 1 heterocycles. The Hall–Kier alpha value is -1.13. The van der Waals surface area contributed by atoms with E-state index in [9.17, 15) is 5.11 Å². The summed E-state index contributed by atoms with van der Waals surface area (Å²) in [7, 11) is 1.67. The third kappa shape index (κ3) is 5.64. The van der Waals surface area contributed by atoms with Gasteiger partial charge in [0.25, 0.3) is 0 Å². The predicted octanol–water partition coefficient (Wildman–Crippen LogP) is 2.64. The van der Waals surface area contributed by atoms with E-state index in [0.717, 1.165) is 35.7 Å². The third-order valence-electron chi connectivity index (χ3n) is 3.69. The van der Waals surface area contributed by atoms with Gasteiger partial charge in [-0.1, -0.05) is 13.8 Å². The van der Waals surface area contributed by atoms with Crippen molar-refractivity contribution in [1.29, 1.82) is 0 Å². The van der Waals surface area contributed by atoms with Gasteiger partial charge in [-0.2, -0.15) is 0 Å². The molecule has 0 saturated carbocycles. The first-order valence-electron chi connectivity index (χ1n) is 7.69. The van der Waals surface area contributed by atoms with Crippen LogP contribution in [-0.2, 0) is 6.42 Å². The van der Waals surface area contributed by atoms with Gasteiger partial charge < -0.3 is 15.2 Å². The summed E-state index contributed by atoms with van der Waals surface area (Å²) in [6, 6.07) is 0. The fraction of sp³-hybridized carbons (Fsp3) is 0.706. The number of hydrogen-bond acceptors (Lipinski definition) is 4. The minimum Gasteiger partial charge on any atom is -0.496 e. The number of aromatic nitrogens is 1. The topological polar surface area (TPSA) is 54.4 Å². The fourth-order valence-corrected chi connectivity index (χ4v) is 2.45. The van der Waals surface area contributed by atoms with Crippen LogP contribution in [0.1, 0.15) is 44.0 Å². The van der Waals surface area contributed by atoms with Crippen molar-refractivity contribution in [2.24, 2.45) is 5.92 Å². The first-order chi connectivity index (χ1) is 9.76. The van der Waals surface area contributed by atoms with Gasteiger partial charge in [-0.15, -0.1) is 0 Å². The van der Waals surface area contributed by atoms with Crippen molar-refractivity contribution in [2.45, 2.75) is 53.1 Å². The van der Waals surface area contributed by atoms with Crippen molar-refractivity contribution < 1.29 is 9.84 Å². The Morgan fingerprint density at radius 3 is 2.62 bits per heavy atom. The normalized spacial score (nSPS) is 14.3. The van der Waals surface area contributed by atoms with Gasteiger partial charge in [0.2, 0.25) is 0 Å². The van der Waals surface area contributed by atoms with Gasteiger partial charge in [0.05, 0.1) is 12.7 Å². The Balaban J connectivity index is 2.66. The molecule has 0 spiro atoms. The molecule has 120 valence electrons. The number of nitrogens with one attached hydrogen (secondary N) is 1. The molecule has 4 nitrogen and oxygen atoms in total. The molecular weight excluding hydrogens is 264 g/mol. The zero-order chi connectivity index (χ0) is 16.0. The molecule has 1 aromatic heterocycles. The monoisotopic (exact) mass is 294 g/mol. The van der Waals surface area contributed by atoms with Crippen LogP contribution in [0.15, 0.2) is 6.20 Å². The number of aliphatic hydroxyl groups is 1. The molecule has 21 heavy (non-hydrogen) atoms. The van der Waals surface area contributed by atoms with Crippen LogP contribution in [-0.4, -0.2) is 35.9 Å². The largest absolute Gasteiger partial charge is 0.496 e. The summed E-state index contributed by atoms with van der Waals surface area (Å²) in [6.07, 6.45) is 3.06. The second-order valence-electron chi connectivity index (χ2n) is 6.57. The van der Waals surface area contributed by atoms with Crippen molar-refractivity contribution in [1.82, 2.24) is 10.3 Å². The van der Waals surface area contributed by atoms with Crippen LogP contribution < -0.4 is 10.1 Å². The van der Waals surface area contributed by atoms with E-state index in [1.54, 1.807) is 7.11 Å². The highest BCUT2D eigenvalue weighted by Gasteiger charge is 2.23. The predicted molar refractivity (Wildman–Crippen MR) is 86.9 cm³/mol. The summed E-state index contributed by atoms with van der Waals surface area (Å²) in [5.74, 6) is 1.49. The smallest absolute Gasteiger partial charge is 0.128 e. The van der Waals surface area contributed by atoms with Crippen molar-refractivity contribution in [3.8, 4) is 5.75 Å². The van der Waals surface area contributed by atoms with E-state index in [1.807, 2.05) is 27.0 Å². The van der Waals surface area contributed by atoms with Crippen LogP contribution in [0.25, 0.3) is 0 Å². The van der Waals surface area contributed by atoms with Gasteiger partial charge in [0, 0.05) is 29.4 Å². The molecular formula is C17H30N2O2. The molecule has 0 amide bonds. The lowest BCUT2D eigenvalue weighted by Gasteiger charge is -2.25. The number of nitrogens with zero attached hydrogens (tertiary/aromatic N) is 1. The van der Waals surface area contributed by atoms with E-state index in [-0.39, 0.29) is 0 Å². The van der Waals surface area contributed by atoms with Crippen molar-refractivity contribution in [3.05, 3.63) is 23.0 Å². The first-order valence-corrected chi connectivity index (χ1v) is 7.69. The number of hydrogen-bond donors (Lipinski definition) is 2. The van der Waals surface area contributed by atoms with Crippen LogP contribution in [0.3, 0.4) is 0 Å². The molecule has 0 aliphatic carbocycles. The van der Waals surface area contributed by atoms with Crippen molar-refractivity contribution >= 4 is 0 Å². The van der Waals surface area contributed by atoms with Gasteiger partial charge in [0.15, 0.2) is 0 Å². The van der Waals surface area contributed by atoms with E-state index in [4.69, 9.17) is 4.74 Å². The summed E-state index contributed by atoms with van der Waals surface area (Å²) < 4.78 is 5.42. The molecule has 2 N–H and O–H groups in total. The van der Waals surface area contributed by atoms with E-state index < -0.39 is 5.60 Å². The highest BCUT2D eigenvalue weighted by molar-refractivity contribution is 5.41. The maximum absolute atomic E-state index is 10.6. The third-order valence-corrected chi connectivity index (χ3v) is 3.69. The Kier molecular flexibility index (Phi) is 6.62. The number of pyridine rings is 1. The summed E-state index contributed by atoms with van der Waals surface area (Å²) >= 11 is 0. The van der Waals surface area contributed by atoms with E-state index in [0.29, 0.717) is 18.8 Å². The van der Waals surface area contributed by atoms with Crippen LogP contribution in [0.5, 0.6) is 5.75 Å². The summed E-state index contributed by atoms with van der Waals surface area (Å²) in [4.78, 5) is 4.47. The Labute approximate surface area is 128 Å². The van der Waals surface area contributed by atoms with Crippen molar-refractivity contribution in [3.63, 3.8) is 0 Å². The zero-order valence-electron chi connectivity index (χ0n) is 14.3. The molecule has 0 aliphatic rings. The lowest BCUT2D eigenvalue weighted by Crippen LogP contribution is -2.33. The quantitative estimate of drug-likeness (QED) is 0.724. The second kappa shape index (κ2) is 7.76. The molecule has 0 saturated heterocycles. The number of methoxy groups -OCH3 is 1. The van der Waals surface area contributed by atoms with E-state index in [2.05, 4.69) is 24.1 Å². The Morgan fingerprint density at radius 2 is 2.05 bits per heavy atom. The molecule has 1 unspecified atom stereocenters. The maximum atomic E-state index is 10.6. The van der Waals surface area contributed by atoms with Crippen molar-refractivity contribution in [2.75, 3.05) is 20.2 Å². The summed E-state index contributed by atoms with van der Waals surface area (Å²) in [6.45, 7) is 12.0. The molecule has 0 bridgehead atoms. The minimum atomic E-state index is -0.762. The lowest BCUT2D eigenvalue weighted by molar-refractivity contribution is 0.0502. The number of ether oxygens (including phenoxy) is 1. The molecule has 0 aromatic carbocycles. The maximum Gasteiger partial charge on any atom is 0.128 e. The highest BCUT2D eigenvalue weighted by atomic mass is 16.5. The molecule has 0 radical (unpaired) electrons. The van der Waals surface area contributed by atoms with Crippen LogP contribution in [0.4, 0.5) is 0 Å². The SMILES string of the molecule is COc1c(C)cnc(CC(C)(O)CCNCC(C)C)c1C. The Morgan fingerprint density at radius 1 is 1.38 bits per heavy atom. The molecule has 0 fully saturated rings. The standard InChI is InChI=1S/C17H30N2O2/c1-12(2)10-18-8-7-17(5,20)9-15-14(4)16(21-6)13(3)11-19-15/h11-12,18,20H,7-10H2,1-6H3. The molecule has 1 aromatic rings. The van der Waals surface area contributed by atoms with Gasteiger partial charge in [-0.05, 0) is 46.2 Å². The van der Waals surface area contributed by atoms with Crippen LogP contribution >= 0.6 is 0 Å². The van der Waals surface area contributed by atoms with E-state index in [1.165, 1.54) is 0 Å². The van der Waals surface area contributed by atoms with Gasteiger partial charge in [0.1, 0.15) is 5.75 Å². The fourth-order valence-electron chi connectivity index (χ4n) is 2.45. The average molecular weight is 294 g/mol. The van der Waals surface area contributed by atoms with E-state index >= 15 is 0 Å². The van der Waals surface area contributed by atoms with Gasteiger partial charge >= 0.3 is 0 Å². The Bertz CT molecular complexity index is 456.